The normalized spacial score (nSPS) is 10.9. The predicted molar refractivity (Wildman–Crippen MR) is 92.2 cm³/mol. The fourth-order valence-electron chi connectivity index (χ4n) is 3.08. The minimum Gasteiger partial charge on any atom is -1.00 e. The third-order valence-corrected chi connectivity index (χ3v) is 5.00. The van der Waals surface area contributed by atoms with Gasteiger partial charge in [0.1, 0.15) is 0 Å². The van der Waals surface area contributed by atoms with Crippen molar-refractivity contribution < 1.29 is 26.9 Å². The van der Waals surface area contributed by atoms with Crippen LogP contribution >= 0.6 is 0 Å². The number of unbranched alkanes of at least 4 members (excludes halogenated alkanes) is 9. The maximum absolute atomic E-state index is 2.35. The zero-order valence-electron chi connectivity index (χ0n) is 15.2. The summed E-state index contributed by atoms with van der Waals surface area (Å²) < 4.78 is 1.33. The third-order valence-electron chi connectivity index (χ3n) is 5.00. The van der Waals surface area contributed by atoms with E-state index in [1.54, 1.807) is 0 Å². The van der Waals surface area contributed by atoms with Gasteiger partial charge in [-0.2, -0.15) is 0 Å². The molecule has 0 rings (SSSR count). The van der Waals surface area contributed by atoms with Crippen molar-refractivity contribution in [3.63, 3.8) is 0 Å². The molecule has 0 aliphatic rings. The number of halogens is 1. The highest BCUT2D eigenvalue weighted by molar-refractivity contribution is 4.48. The molecule has 0 saturated heterocycles. The van der Waals surface area contributed by atoms with E-state index in [-0.39, 0.29) is 22.5 Å². The molecule has 0 spiro atoms. The number of nitrogens with zero attached hydrogens (tertiary/aromatic N) is 1. The number of hydrogen-bond donors (Lipinski definition) is 0. The van der Waals surface area contributed by atoms with E-state index in [4.69, 9.17) is 0 Å². The first-order valence-electron chi connectivity index (χ1n) is 9.09. The van der Waals surface area contributed by atoms with Gasteiger partial charge < -0.3 is 26.9 Å². The van der Waals surface area contributed by atoms with E-state index in [1.165, 1.54) is 94.9 Å². The summed E-state index contributed by atoms with van der Waals surface area (Å²) in [5, 5.41) is 0. The lowest BCUT2D eigenvalue weighted by Gasteiger charge is -2.35. The van der Waals surface area contributed by atoms with E-state index in [0.717, 1.165) is 0 Å². The van der Waals surface area contributed by atoms with E-state index >= 15 is 0 Å². The molecule has 0 heterocycles. The Labute approximate surface area is 145 Å². The largest absolute Gasteiger partial charge is 1.00 e. The number of rotatable bonds is 14. The molecule has 2 nitrogen and oxygen atoms in total. The second kappa shape index (κ2) is 18.4. The molecule has 0 saturated carbocycles. The van der Waals surface area contributed by atoms with Gasteiger partial charge in [-0.15, -0.1) is 0 Å². The first kappa shape index (κ1) is 26.3. The maximum atomic E-state index is 2.35. The molecular formula is C18H42BrNO. The SMILES string of the molecule is CCCCCCCCCCCC[N+](CC)(CC)CC.O.[Br-]. The van der Waals surface area contributed by atoms with Gasteiger partial charge in [-0.1, -0.05) is 58.3 Å². The van der Waals surface area contributed by atoms with Crippen LogP contribution in [0.3, 0.4) is 0 Å². The summed E-state index contributed by atoms with van der Waals surface area (Å²) in [4.78, 5) is 0. The van der Waals surface area contributed by atoms with Crippen molar-refractivity contribution in [2.24, 2.45) is 0 Å². The molecule has 2 N–H and O–H groups in total. The molecule has 0 unspecified atom stereocenters. The molecule has 3 heteroatoms. The van der Waals surface area contributed by atoms with E-state index in [9.17, 15) is 0 Å². The van der Waals surface area contributed by atoms with Gasteiger partial charge in [-0.05, 0) is 33.6 Å². The summed E-state index contributed by atoms with van der Waals surface area (Å²) in [6.45, 7) is 14.7. The van der Waals surface area contributed by atoms with Crippen molar-refractivity contribution >= 4 is 0 Å². The summed E-state index contributed by atoms with van der Waals surface area (Å²) in [5.74, 6) is 0. The second-order valence-corrected chi connectivity index (χ2v) is 6.20. The van der Waals surface area contributed by atoms with Gasteiger partial charge in [0.15, 0.2) is 0 Å². The van der Waals surface area contributed by atoms with Crippen LogP contribution in [0.25, 0.3) is 0 Å². The van der Waals surface area contributed by atoms with E-state index in [2.05, 4.69) is 27.7 Å². The van der Waals surface area contributed by atoms with Crippen LogP contribution in [0.15, 0.2) is 0 Å². The highest BCUT2D eigenvalue weighted by atomic mass is 79.9. The fourth-order valence-corrected chi connectivity index (χ4v) is 3.08. The first-order valence-corrected chi connectivity index (χ1v) is 9.09. The predicted octanol–water partition coefficient (Wildman–Crippen LogP) is 1.96. The average Bonchev–Trinajstić information content (AvgIpc) is 2.46. The van der Waals surface area contributed by atoms with E-state index in [0.29, 0.717) is 0 Å². The molecule has 0 radical (unpaired) electrons. The summed E-state index contributed by atoms with van der Waals surface area (Å²) in [7, 11) is 0. The lowest BCUT2D eigenvalue weighted by atomic mass is 10.1. The van der Waals surface area contributed by atoms with Gasteiger partial charge in [0.25, 0.3) is 0 Å². The van der Waals surface area contributed by atoms with Crippen LogP contribution < -0.4 is 17.0 Å². The van der Waals surface area contributed by atoms with Crippen molar-refractivity contribution in [3.05, 3.63) is 0 Å². The Balaban J connectivity index is -0.00000162. The van der Waals surface area contributed by atoms with Crippen molar-refractivity contribution in [3.8, 4) is 0 Å². The highest BCUT2D eigenvalue weighted by Crippen LogP contribution is 2.13. The quantitative estimate of drug-likeness (QED) is 0.332. The molecule has 0 atom stereocenters. The molecule has 0 aromatic heterocycles. The Morgan fingerprint density at radius 1 is 0.524 bits per heavy atom. The minimum atomic E-state index is 0. The van der Waals surface area contributed by atoms with Crippen LogP contribution in [0, 0.1) is 0 Å². The van der Waals surface area contributed by atoms with E-state index in [1.807, 2.05) is 0 Å². The van der Waals surface area contributed by atoms with Crippen molar-refractivity contribution in [2.45, 2.75) is 91.9 Å². The van der Waals surface area contributed by atoms with Crippen molar-refractivity contribution in [2.75, 3.05) is 26.2 Å². The van der Waals surface area contributed by atoms with Crippen LogP contribution in [0.1, 0.15) is 91.9 Å². The molecule has 0 amide bonds. The van der Waals surface area contributed by atoms with Crippen LogP contribution in [0.4, 0.5) is 0 Å². The number of hydrogen-bond acceptors (Lipinski definition) is 0. The van der Waals surface area contributed by atoms with Crippen molar-refractivity contribution in [1.29, 1.82) is 0 Å². The Morgan fingerprint density at radius 3 is 1.19 bits per heavy atom. The van der Waals surface area contributed by atoms with Gasteiger partial charge >= 0.3 is 0 Å². The monoisotopic (exact) mass is 367 g/mol. The summed E-state index contributed by atoms with van der Waals surface area (Å²) in [6.07, 6.45) is 14.5. The molecular weight excluding hydrogens is 326 g/mol. The van der Waals surface area contributed by atoms with Gasteiger partial charge in [0.2, 0.25) is 0 Å². The Morgan fingerprint density at radius 2 is 0.857 bits per heavy atom. The standard InChI is InChI=1S/C18H40N.BrH.H2O/c1-5-9-10-11-12-13-14-15-16-17-18-19(6-2,7-3)8-4;;/h5-18H2,1-4H3;1H;1H2/q+1;;/p-1. The van der Waals surface area contributed by atoms with Gasteiger partial charge in [-0.3, -0.25) is 0 Å². The summed E-state index contributed by atoms with van der Waals surface area (Å²) in [6, 6.07) is 0. The topological polar surface area (TPSA) is 31.5 Å². The fraction of sp³-hybridized carbons (Fsp3) is 1.00. The molecule has 0 fully saturated rings. The maximum Gasteiger partial charge on any atom is 0.0786 e. The lowest BCUT2D eigenvalue weighted by molar-refractivity contribution is -0.923. The van der Waals surface area contributed by atoms with E-state index < -0.39 is 0 Å². The molecule has 0 aliphatic heterocycles. The Kier molecular flexibility index (Phi) is 23.1. The zero-order chi connectivity index (χ0) is 14.4. The van der Waals surface area contributed by atoms with Crippen molar-refractivity contribution in [1.82, 2.24) is 0 Å². The Bertz CT molecular complexity index is 176. The highest BCUT2D eigenvalue weighted by Gasteiger charge is 2.19. The minimum absolute atomic E-state index is 0. The second-order valence-electron chi connectivity index (χ2n) is 6.20. The third kappa shape index (κ3) is 13.8. The number of quaternary nitrogens is 1. The Hall–Kier alpha value is 0.400. The summed E-state index contributed by atoms with van der Waals surface area (Å²) >= 11 is 0. The molecule has 0 aromatic rings. The molecule has 0 aromatic carbocycles. The summed E-state index contributed by atoms with van der Waals surface area (Å²) in [5.41, 5.74) is 0. The average molecular weight is 368 g/mol. The van der Waals surface area contributed by atoms with Crippen LogP contribution in [0.2, 0.25) is 0 Å². The molecule has 132 valence electrons. The molecule has 0 bridgehead atoms. The van der Waals surface area contributed by atoms with Gasteiger partial charge in [0, 0.05) is 0 Å². The van der Waals surface area contributed by atoms with Crippen LogP contribution in [0.5, 0.6) is 0 Å². The molecule has 21 heavy (non-hydrogen) atoms. The van der Waals surface area contributed by atoms with Gasteiger partial charge in [-0.25, -0.2) is 0 Å². The zero-order valence-corrected chi connectivity index (χ0v) is 16.8. The lowest BCUT2D eigenvalue weighted by Crippen LogP contribution is -3.00. The smallest absolute Gasteiger partial charge is 0.0786 e. The van der Waals surface area contributed by atoms with Crippen LogP contribution in [-0.2, 0) is 0 Å². The first-order chi connectivity index (χ1) is 9.24. The molecule has 0 aliphatic carbocycles. The van der Waals surface area contributed by atoms with Crippen LogP contribution in [-0.4, -0.2) is 36.1 Å². The van der Waals surface area contributed by atoms with Gasteiger partial charge in [0.05, 0.1) is 26.2 Å².